The Morgan fingerprint density at radius 3 is 2.72 bits per heavy atom. The lowest BCUT2D eigenvalue weighted by Gasteiger charge is -2.34. The van der Waals surface area contributed by atoms with Crippen LogP contribution in [-0.4, -0.2) is 50.6 Å². The normalized spacial score (nSPS) is 15.5. The van der Waals surface area contributed by atoms with Crippen LogP contribution in [0.15, 0.2) is 44.6 Å². The molecule has 4 heterocycles. The lowest BCUT2D eigenvalue weighted by atomic mass is 10.1. The minimum absolute atomic E-state index is 0.0290. The van der Waals surface area contributed by atoms with Crippen LogP contribution in [0.25, 0.3) is 22.1 Å². The summed E-state index contributed by atoms with van der Waals surface area (Å²) in [6.07, 6.45) is 1.84. The van der Waals surface area contributed by atoms with Gasteiger partial charge in [-0.05, 0) is 36.6 Å². The summed E-state index contributed by atoms with van der Waals surface area (Å²) in [5, 5.41) is 23.4. The summed E-state index contributed by atoms with van der Waals surface area (Å²) in [6.45, 7) is 4.40. The molecule has 13 heteroatoms. The standard InChI is InChI=1S/C23H24N6O6S/c1-11(2)7-9-29-22-12(4-3-8-24-22)19(32)17(23(29)33)21-26-14-6-5-13-18(20(14)36(34,35)28-21)27-15(25-13)10-16(30)31/h3-6,8,11,32,34-35H,7,9-10H2,1-2H3,(H,25,27)(H,26,28)(H,30,31). The third kappa shape index (κ3) is 3.96. The molecule has 0 bridgehead atoms. The Morgan fingerprint density at radius 1 is 1.22 bits per heavy atom. The van der Waals surface area contributed by atoms with E-state index in [-0.39, 0.29) is 45.5 Å². The molecule has 6 N–H and O–H groups in total. The third-order valence-electron chi connectivity index (χ3n) is 5.88. The minimum Gasteiger partial charge on any atom is -0.506 e. The molecule has 1 aromatic carbocycles. The van der Waals surface area contributed by atoms with Gasteiger partial charge in [0, 0.05) is 12.7 Å². The molecule has 1 aliphatic rings. The number of H-pyrrole nitrogens is 1. The predicted octanol–water partition coefficient (Wildman–Crippen LogP) is 3.55. The fourth-order valence-electron chi connectivity index (χ4n) is 4.21. The number of aryl methyl sites for hydroxylation is 1. The molecule has 0 saturated heterocycles. The van der Waals surface area contributed by atoms with E-state index < -0.39 is 22.3 Å². The molecule has 0 atom stereocenters. The monoisotopic (exact) mass is 512 g/mol. The highest BCUT2D eigenvalue weighted by molar-refractivity contribution is 8.23. The fourth-order valence-corrected chi connectivity index (χ4v) is 5.52. The number of hydrogen-bond acceptors (Lipinski definition) is 9. The van der Waals surface area contributed by atoms with E-state index >= 15 is 0 Å². The Morgan fingerprint density at radius 2 is 2.00 bits per heavy atom. The summed E-state index contributed by atoms with van der Waals surface area (Å²) in [6, 6.07) is 6.40. The number of carboxylic acid groups (broad SMARTS) is 1. The highest BCUT2D eigenvalue weighted by Crippen LogP contribution is 2.57. The molecule has 5 rings (SSSR count). The summed E-state index contributed by atoms with van der Waals surface area (Å²) in [5.74, 6) is -1.22. The molecule has 4 aromatic rings. The maximum absolute atomic E-state index is 13.6. The minimum atomic E-state index is -3.89. The van der Waals surface area contributed by atoms with Gasteiger partial charge in [0.25, 0.3) is 5.56 Å². The molecule has 0 fully saturated rings. The Bertz CT molecular complexity index is 1620. The van der Waals surface area contributed by atoms with Crippen molar-refractivity contribution in [2.24, 2.45) is 10.3 Å². The molecule has 0 saturated carbocycles. The molecule has 3 aromatic heterocycles. The van der Waals surface area contributed by atoms with E-state index in [1.807, 2.05) is 13.8 Å². The van der Waals surface area contributed by atoms with Crippen molar-refractivity contribution in [1.29, 1.82) is 0 Å². The molecular formula is C23H24N6O6S. The second-order valence-electron chi connectivity index (χ2n) is 8.91. The number of anilines is 1. The van der Waals surface area contributed by atoms with Crippen molar-refractivity contribution in [3.8, 4) is 5.75 Å². The first-order valence-electron chi connectivity index (χ1n) is 11.2. The lowest BCUT2D eigenvalue weighted by molar-refractivity contribution is -0.136. The number of fused-ring (bicyclic) bond motifs is 4. The number of amidine groups is 1. The highest BCUT2D eigenvalue weighted by Gasteiger charge is 2.33. The number of nitrogens with zero attached hydrogens (tertiary/aromatic N) is 4. The van der Waals surface area contributed by atoms with Gasteiger partial charge in [0.15, 0.2) is 5.84 Å². The number of aromatic amines is 1. The molecule has 0 unspecified atom stereocenters. The summed E-state index contributed by atoms with van der Waals surface area (Å²) < 4.78 is 27.5. The number of rotatable bonds is 6. The number of pyridine rings is 2. The van der Waals surface area contributed by atoms with Crippen molar-refractivity contribution in [3.63, 3.8) is 0 Å². The zero-order valence-corrected chi connectivity index (χ0v) is 20.2. The number of aliphatic carboxylic acids is 1. The predicted molar refractivity (Wildman–Crippen MR) is 136 cm³/mol. The number of nitrogens with one attached hydrogen (secondary N) is 2. The fraction of sp³-hybridized carbons (Fsp3) is 0.261. The SMILES string of the molecule is CC(C)CCn1c(=O)c(C2=NS(O)(O)c3c(ccc4[nH]c(CC(=O)O)nc34)N2)c(O)c2cccnc21. The zero-order chi connectivity index (χ0) is 25.8. The lowest BCUT2D eigenvalue weighted by Crippen LogP contribution is -2.32. The highest BCUT2D eigenvalue weighted by atomic mass is 32.3. The molecule has 0 spiro atoms. The van der Waals surface area contributed by atoms with E-state index in [9.17, 15) is 23.8 Å². The summed E-state index contributed by atoms with van der Waals surface area (Å²) in [7, 11) is -3.89. The van der Waals surface area contributed by atoms with Crippen LogP contribution in [0.1, 0.15) is 31.7 Å². The first kappa shape index (κ1) is 23.8. The van der Waals surface area contributed by atoms with Gasteiger partial charge in [-0.3, -0.25) is 23.3 Å². The number of aromatic hydroxyl groups is 1. The molecule has 36 heavy (non-hydrogen) atoms. The number of benzene rings is 1. The zero-order valence-electron chi connectivity index (χ0n) is 19.4. The number of imidazole rings is 1. The van der Waals surface area contributed by atoms with Crippen LogP contribution in [0.2, 0.25) is 0 Å². The van der Waals surface area contributed by atoms with Crippen LogP contribution in [0, 0.1) is 5.92 Å². The smallest absolute Gasteiger partial charge is 0.311 e. The van der Waals surface area contributed by atoms with Crippen LogP contribution >= 0.6 is 10.8 Å². The average Bonchev–Trinajstić information content (AvgIpc) is 3.19. The second-order valence-corrected chi connectivity index (χ2v) is 10.5. The van der Waals surface area contributed by atoms with Crippen LogP contribution in [-0.2, 0) is 17.8 Å². The van der Waals surface area contributed by atoms with Crippen molar-refractivity contribution in [2.45, 2.75) is 38.1 Å². The molecule has 12 nitrogen and oxygen atoms in total. The quantitative estimate of drug-likeness (QED) is 0.225. The Labute approximate surface area is 205 Å². The number of carbonyl (C=O) groups is 1. The Balaban J connectivity index is 1.68. The summed E-state index contributed by atoms with van der Waals surface area (Å²) >= 11 is 0. The van der Waals surface area contributed by atoms with Crippen LogP contribution in [0.4, 0.5) is 5.69 Å². The van der Waals surface area contributed by atoms with E-state index in [1.54, 1.807) is 24.3 Å². The van der Waals surface area contributed by atoms with Gasteiger partial charge in [-0.2, -0.15) is 0 Å². The van der Waals surface area contributed by atoms with Crippen molar-refractivity contribution < 1.29 is 24.1 Å². The van der Waals surface area contributed by atoms with Crippen molar-refractivity contribution >= 4 is 50.3 Å². The number of aromatic nitrogens is 4. The van der Waals surface area contributed by atoms with E-state index in [4.69, 9.17) is 5.11 Å². The summed E-state index contributed by atoms with van der Waals surface area (Å²) in [4.78, 5) is 36.0. The first-order valence-corrected chi connectivity index (χ1v) is 12.7. The second kappa shape index (κ2) is 8.62. The Hall–Kier alpha value is -3.94. The first-order chi connectivity index (χ1) is 17.1. The van der Waals surface area contributed by atoms with Gasteiger partial charge in [-0.1, -0.05) is 24.6 Å². The van der Waals surface area contributed by atoms with E-state index in [2.05, 4.69) is 24.7 Å². The maximum Gasteiger partial charge on any atom is 0.311 e. The van der Waals surface area contributed by atoms with E-state index in [0.717, 1.165) is 0 Å². The van der Waals surface area contributed by atoms with Gasteiger partial charge in [0.1, 0.15) is 39.6 Å². The molecular weight excluding hydrogens is 488 g/mol. The Kier molecular flexibility index (Phi) is 5.70. The van der Waals surface area contributed by atoms with Gasteiger partial charge < -0.3 is 20.5 Å². The molecule has 0 radical (unpaired) electrons. The molecule has 1 aliphatic heterocycles. The molecule has 188 valence electrons. The van der Waals surface area contributed by atoms with Gasteiger partial charge in [-0.25, -0.2) is 9.97 Å². The van der Waals surface area contributed by atoms with Gasteiger partial charge in [0.2, 0.25) is 0 Å². The molecule has 0 aliphatic carbocycles. The maximum atomic E-state index is 13.6. The number of hydrogen-bond donors (Lipinski definition) is 6. The third-order valence-corrected chi connectivity index (χ3v) is 7.28. The van der Waals surface area contributed by atoms with Crippen LogP contribution in [0.3, 0.4) is 0 Å². The average molecular weight is 513 g/mol. The van der Waals surface area contributed by atoms with Crippen molar-refractivity contribution in [2.75, 3.05) is 5.32 Å². The van der Waals surface area contributed by atoms with Crippen molar-refractivity contribution in [3.05, 3.63) is 52.2 Å². The topological polar surface area (TPSA) is 186 Å². The summed E-state index contributed by atoms with van der Waals surface area (Å²) in [5.41, 5.74) is 0.311. The van der Waals surface area contributed by atoms with Gasteiger partial charge in [0.05, 0.1) is 16.6 Å². The largest absolute Gasteiger partial charge is 0.506 e. The van der Waals surface area contributed by atoms with E-state index in [1.165, 1.54) is 10.8 Å². The number of carboxylic acids is 1. The van der Waals surface area contributed by atoms with Gasteiger partial charge in [-0.15, -0.1) is 4.40 Å². The van der Waals surface area contributed by atoms with E-state index in [0.29, 0.717) is 35.4 Å². The van der Waals surface area contributed by atoms with Crippen LogP contribution in [0.5, 0.6) is 5.75 Å². The molecule has 0 amide bonds. The van der Waals surface area contributed by atoms with Gasteiger partial charge >= 0.3 is 5.97 Å². The van der Waals surface area contributed by atoms with Crippen molar-refractivity contribution in [1.82, 2.24) is 19.5 Å². The van der Waals surface area contributed by atoms with Crippen LogP contribution < -0.4 is 10.9 Å².